The van der Waals surface area contributed by atoms with Crippen LogP contribution < -0.4 is 20.3 Å². The number of aliphatic imine (C=N–C) groups is 1. The summed E-state index contributed by atoms with van der Waals surface area (Å²) >= 11 is 0. The summed E-state index contributed by atoms with van der Waals surface area (Å²) in [6, 6.07) is 17.1. The third kappa shape index (κ3) is 6.39. The molecule has 1 unspecified atom stereocenters. The van der Waals surface area contributed by atoms with Crippen molar-refractivity contribution in [1.29, 1.82) is 0 Å². The number of nitrogens with one attached hydrogen (secondary N) is 2. The molecule has 3 rings (SSSR count). The van der Waals surface area contributed by atoms with Gasteiger partial charge in [-0.25, -0.2) is 0 Å². The molecule has 2 N–H and O–H groups in total. The molecule has 1 saturated heterocycles. The van der Waals surface area contributed by atoms with Gasteiger partial charge in [0.1, 0.15) is 12.4 Å². The van der Waals surface area contributed by atoms with Gasteiger partial charge in [-0.2, -0.15) is 0 Å². The van der Waals surface area contributed by atoms with Gasteiger partial charge in [-0.15, -0.1) is 0 Å². The fraction of sp³-hybridized carbons (Fsp3) is 0.458. The lowest BCUT2D eigenvalue weighted by atomic mass is 10.1. The van der Waals surface area contributed by atoms with Gasteiger partial charge in [0.15, 0.2) is 5.96 Å². The van der Waals surface area contributed by atoms with E-state index in [0.717, 1.165) is 24.8 Å². The Kier molecular flexibility index (Phi) is 8.39. The molecule has 1 aliphatic heterocycles. The second-order valence-corrected chi connectivity index (χ2v) is 7.57. The highest BCUT2D eigenvalue weighted by Crippen LogP contribution is 2.24. The second kappa shape index (κ2) is 11.5. The van der Waals surface area contributed by atoms with E-state index in [-0.39, 0.29) is 6.04 Å². The number of hydrogen-bond donors (Lipinski definition) is 2. The van der Waals surface area contributed by atoms with Crippen LogP contribution in [-0.2, 0) is 11.3 Å². The molecule has 6 nitrogen and oxygen atoms in total. The smallest absolute Gasteiger partial charge is 0.191 e. The summed E-state index contributed by atoms with van der Waals surface area (Å²) < 4.78 is 10.6. The normalized spacial score (nSPS) is 15.2. The van der Waals surface area contributed by atoms with Crippen LogP contribution in [0.15, 0.2) is 53.5 Å². The van der Waals surface area contributed by atoms with Gasteiger partial charge < -0.3 is 25.0 Å². The van der Waals surface area contributed by atoms with Crippen molar-refractivity contribution >= 4 is 11.6 Å². The first-order chi connectivity index (χ1) is 14.7. The van der Waals surface area contributed by atoms with E-state index < -0.39 is 0 Å². The maximum absolute atomic E-state index is 5.61. The lowest BCUT2D eigenvalue weighted by molar-refractivity contribution is 0.146. The highest BCUT2D eigenvalue weighted by atomic mass is 16.5. The molecule has 1 aliphatic rings. The Labute approximate surface area is 180 Å². The molecule has 1 fully saturated rings. The first kappa shape index (κ1) is 22.0. The zero-order valence-corrected chi connectivity index (χ0v) is 18.4. The second-order valence-electron chi connectivity index (χ2n) is 7.57. The van der Waals surface area contributed by atoms with E-state index in [4.69, 9.17) is 9.47 Å². The van der Waals surface area contributed by atoms with Crippen molar-refractivity contribution in [2.45, 2.75) is 32.4 Å². The predicted molar refractivity (Wildman–Crippen MR) is 123 cm³/mol. The predicted octanol–water partition coefficient (Wildman–Crippen LogP) is 3.74. The largest absolute Gasteiger partial charge is 0.491 e. The molecule has 0 aliphatic carbocycles. The van der Waals surface area contributed by atoms with Crippen molar-refractivity contribution in [2.75, 3.05) is 45.4 Å². The topological polar surface area (TPSA) is 58.1 Å². The summed E-state index contributed by atoms with van der Waals surface area (Å²) in [4.78, 5) is 6.85. The first-order valence-electron chi connectivity index (χ1n) is 10.7. The minimum atomic E-state index is 0.162. The van der Waals surface area contributed by atoms with Crippen molar-refractivity contribution in [2.24, 2.45) is 4.99 Å². The summed E-state index contributed by atoms with van der Waals surface area (Å²) in [5, 5.41) is 6.89. The number of hydrogen-bond acceptors (Lipinski definition) is 4. The highest BCUT2D eigenvalue weighted by Gasteiger charge is 2.14. The van der Waals surface area contributed by atoms with Crippen molar-refractivity contribution in [1.82, 2.24) is 10.6 Å². The molecule has 6 heteroatoms. The Morgan fingerprint density at radius 2 is 1.87 bits per heavy atom. The number of benzene rings is 2. The molecule has 0 aromatic heterocycles. The Bertz CT molecular complexity index is 801. The van der Waals surface area contributed by atoms with Gasteiger partial charge in [-0.05, 0) is 55.2 Å². The minimum absolute atomic E-state index is 0.162. The highest BCUT2D eigenvalue weighted by molar-refractivity contribution is 5.80. The standard InChI is InChI=1S/C24H34N4O2/c1-19(21-7-6-8-22(17-21)28-13-4-5-14-28)27-24(25-2)26-18-20-9-11-23(12-10-20)30-16-15-29-3/h6-12,17,19H,4-5,13-16,18H2,1-3H3,(H2,25,26,27). The minimum Gasteiger partial charge on any atom is -0.491 e. The fourth-order valence-corrected chi connectivity index (χ4v) is 3.58. The third-order valence-electron chi connectivity index (χ3n) is 5.36. The van der Waals surface area contributed by atoms with Crippen LogP contribution in [-0.4, -0.2) is 46.4 Å². The van der Waals surface area contributed by atoms with Gasteiger partial charge in [-0.1, -0.05) is 24.3 Å². The lowest BCUT2D eigenvalue weighted by Gasteiger charge is -2.22. The molecule has 2 aromatic carbocycles. The summed E-state index contributed by atoms with van der Waals surface area (Å²) in [6.07, 6.45) is 2.57. The van der Waals surface area contributed by atoms with Crippen LogP contribution in [0.5, 0.6) is 5.75 Å². The van der Waals surface area contributed by atoms with E-state index in [1.54, 1.807) is 14.2 Å². The molecule has 2 aromatic rings. The number of anilines is 1. The Morgan fingerprint density at radius 3 is 2.57 bits per heavy atom. The zero-order valence-electron chi connectivity index (χ0n) is 18.4. The maximum Gasteiger partial charge on any atom is 0.191 e. The molecule has 0 spiro atoms. The van der Waals surface area contributed by atoms with Gasteiger partial charge in [0, 0.05) is 39.5 Å². The van der Waals surface area contributed by atoms with Gasteiger partial charge in [0.05, 0.1) is 12.6 Å². The maximum atomic E-state index is 5.61. The summed E-state index contributed by atoms with van der Waals surface area (Å²) in [6.45, 7) is 6.32. The van der Waals surface area contributed by atoms with Crippen molar-refractivity contribution in [3.05, 3.63) is 59.7 Å². The Balaban J connectivity index is 1.51. The summed E-state index contributed by atoms with van der Waals surface area (Å²) in [5.41, 5.74) is 3.75. The van der Waals surface area contributed by atoms with Crippen LogP contribution >= 0.6 is 0 Å². The number of nitrogens with zero attached hydrogens (tertiary/aromatic N) is 2. The molecule has 0 radical (unpaired) electrons. The van der Waals surface area contributed by atoms with Crippen LogP contribution in [0.4, 0.5) is 5.69 Å². The zero-order chi connectivity index (χ0) is 21.2. The third-order valence-corrected chi connectivity index (χ3v) is 5.36. The molecule has 30 heavy (non-hydrogen) atoms. The molecule has 0 bridgehead atoms. The quantitative estimate of drug-likeness (QED) is 0.375. The fourth-order valence-electron chi connectivity index (χ4n) is 3.58. The van der Waals surface area contributed by atoms with E-state index in [2.05, 4.69) is 63.8 Å². The lowest BCUT2D eigenvalue weighted by Crippen LogP contribution is -2.38. The molecule has 1 atom stereocenters. The van der Waals surface area contributed by atoms with E-state index >= 15 is 0 Å². The van der Waals surface area contributed by atoms with E-state index in [0.29, 0.717) is 19.8 Å². The Morgan fingerprint density at radius 1 is 1.10 bits per heavy atom. The summed E-state index contributed by atoms with van der Waals surface area (Å²) in [5.74, 6) is 1.64. The van der Waals surface area contributed by atoms with Crippen LogP contribution in [0.2, 0.25) is 0 Å². The number of methoxy groups -OCH3 is 1. The molecule has 0 amide bonds. The molecule has 162 valence electrons. The van der Waals surface area contributed by atoms with Gasteiger partial charge in [-0.3, -0.25) is 4.99 Å². The van der Waals surface area contributed by atoms with Gasteiger partial charge in [0.2, 0.25) is 0 Å². The average molecular weight is 411 g/mol. The SMILES string of the molecule is CN=C(NCc1ccc(OCCOC)cc1)NC(C)c1cccc(N2CCCC2)c1. The number of rotatable bonds is 9. The first-order valence-corrected chi connectivity index (χ1v) is 10.7. The van der Waals surface area contributed by atoms with E-state index in [1.165, 1.54) is 29.7 Å². The number of guanidine groups is 1. The van der Waals surface area contributed by atoms with Crippen molar-refractivity contribution in [3.63, 3.8) is 0 Å². The molecular weight excluding hydrogens is 376 g/mol. The van der Waals surface area contributed by atoms with Gasteiger partial charge in [0.25, 0.3) is 0 Å². The van der Waals surface area contributed by atoms with Gasteiger partial charge >= 0.3 is 0 Å². The average Bonchev–Trinajstić information content (AvgIpc) is 3.33. The van der Waals surface area contributed by atoms with Crippen LogP contribution in [0, 0.1) is 0 Å². The monoisotopic (exact) mass is 410 g/mol. The van der Waals surface area contributed by atoms with Crippen molar-refractivity contribution < 1.29 is 9.47 Å². The Hall–Kier alpha value is -2.73. The van der Waals surface area contributed by atoms with Crippen LogP contribution in [0.25, 0.3) is 0 Å². The summed E-state index contributed by atoms with van der Waals surface area (Å²) in [7, 11) is 3.47. The number of ether oxygens (including phenoxy) is 2. The molecular formula is C24H34N4O2. The van der Waals surface area contributed by atoms with Crippen LogP contribution in [0.3, 0.4) is 0 Å². The van der Waals surface area contributed by atoms with E-state index in [9.17, 15) is 0 Å². The van der Waals surface area contributed by atoms with E-state index in [1.807, 2.05) is 12.1 Å². The van der Waals surface area contributed by atoms with Crippen LogP contribution in [0.1, 0.15) is 36.9 Å². The van der Waals surface area contributed by atoms with Crippen molar-refractivity contribution in [3.8, 4) is 5.75 Å². The molecule has 0 saturated carbocycles. The molecule has 1 heterocycles.